The van der Waals surface area contributed by atoms with Gasteiger partial charge in [0.05, 0.1) is 0 Å². The first-order chi connectivity index (χ1) is 13.6. The largest absolute Gasteiger partial charge is 0.363 e. The summed E-state index contributed by atoms with van der Waals surface area (Å²) in [4.78, 5) is 9.05. The van der Waals surface area contributed by atoms with Crippen LogP contribution in [0.15, 0.2) is 36.8 Å². The molecule has 28 heavy (non-hydrogen) atoms. The van der Waals surface area contributed by atoms with Crippen molar-refractivity contribution >= 4 is 5.82 Å². The average molecular weight is 381 g/mol. The molecule has 0 amide bonds. The minimum atomic E-state index is 0.467. The average Bonchev–Trinajstić information content (AvgIpc) is 3.34. The summed E-state index contributed by atoms with van der Waals surface area (Å²) in [7, 11) is 6.10. The van der Waals surface area contributed by atoms with Gasteiger partial charge in [0.25, 0.3) is 0 Å². The molecule has 0 spiro atoms. The van der Waals surface area contributed by atoms with Crippen molar-refractivity contribution in [2.45, 2.75) is 31.8 Å². The molecule has 0 unspecified atom stereocenters. The highest BCUT2D eigenvalue weighted by atomic mass is 15.3. The second-order valence-corrected chi connectivity index (χ2v) is 7.71. The van der Waals surface area contributed by atoms with Gasteiger partial charge in [-0.2, -0.15) is 5.10 Å². The van der Waals surface area contributed by atoms with Crippen molar-refractivity contribution in [3.8, 4) is 0 Å². The Labute approximate surface area is 165 Å². The molecule has 8 nitrogen and oxygen atoms in total. The quantitative estimate of drug-likeness (QED) is 0.651. The molecule has 3 aromatic rings. The molecule has 4 rings (SSSR count). The fourth-order valence-corrected chi connectivity index (χ4v) is 3.79. The summed E-state index contributed by atoms with van der Waals surface area (Å²) in [6.45, 7) is 3.75. The number of pyridine rings is 1. The van der Waals surface area contributed by atoms with E-state index in [1.807, 2.05) is 42.1 Å². The van der Waals surface area contributed by atoms with Crippen molar-refractivity contribution in [2.24, 2.45) is 7.05 Å². The van der Waals surface area contributed by atoms with Gasteiger partial charge in [0.2, 0.25) is 0 Å². The van der Waals surface area contributed by atoms with Gasteiger partial charge >= 0.3 is 0 Å². The van der Waals surface area contributed by atoms with E-state index in [2.05, 4.69) is 48.9 Å². The summed E-state index contributed by atoms with van der Waals surface area (Å²) in [5.74, 6) is 3.51. The molecule has 0 aliphatic carbocycles. The molecule has 0 bridgehead atoms. The molecule has 4 heterocycles. The third-order valence-electron chi connectivity index (χ3n) is 5.49. The van der Waals surface area contributed by atoms with Crippen LogP contribution < -0.4 is 4.90 Å². The molecule has 8 heteroatoms. The van der Waals surface area contributed by atoms with E-state index in [4.69, 9.17) is 0 Å². The zero-order valence-corrected chi connectivity index (χ0v) is 16.9. The first-order valence-electron chi connectivity index (χ1n) is 9.80. The zero-order valence-electron chi connectivity index (χ0n) is 16.9. The topological polar surface area (TPSA) is 67.9 Å². The molecule has 0 atom stereocenters. The normalized spacial score (nSPS) is 15.8. The van der Waals surface area contributed by atoms with Crippen LogP contribution in [0.2, 0.25) is 0 Å². The van der Waals surface area contributed by atoms with Crippen LogP contribution in [0, 0.1) is 0 Å². The van der Waals surface area contributed by atoms with Crippen LogP contribution in [0.4, 0.5) is 5.82 Å². The SMILES string of the molecule is CN(C)c1ccc(CN2CCC(c3nnc(Cn4cccn4)n3C)CC2)cn1. The third kappa shape index (κ3) is 4.06. The molecule has 1 fully saturated rings. The lowest BCUT2D eigenvalue weighted by atomic mass is 9.95. The third-order valence-corrected chi connectivity index (χ3v) is 5.49. The minimum absolute atomic E-state index is 0.467. The highest BCUT2D eigenvalue weighted by Crippen LogP contribution is 2.27. The van der Waals surface area contributed by atoms with Crippen molar-refractivity contribution < 1.29 is 0 Å². The first-order valence-corrected chi connectivity index (χ1v) is 9.80. The van der Waals surface area contributed by atoms with E-state index in [0.29, 0.717) is 12.5 Å². The van der Waals surface area contributed by atoms with E-state index >= 15 is 0 Å². The van der Waals surface area contributed by atoms with E-state index < -0.39 is 0 Å². The van der Waals surface area contributed by atoms with Crippen molar-refractivity contribution in [2.75, 3.05) is 32.1 Å². The van der Waals surface area contributed by atoms with E-state index in [1.165, 1.54) is 5.56 Å². The molecule has 0 saturated carbocycles. The van der Waals surface area contributed by atoms with Crippen LogP contribution in [-0.4, -0.2) is 61.6 Å². The second kappa shape index (κ2) is 8.10. The number of hydrogen-bond donors (Lipinski definition) is 0. The molecule has 0 radical (unpaired) electrons. The van der Waals surface area contributed by atoms with Gasteiger partial charge in [-0.15, -0.1) is 10.2 Å². The van der Waals surface area contributed by atoms with Gasteiger partial charge in [-0.05, 0) is 43.6 Å². The lowest BCUT2D eigenvalue weighted by molar-refractivity contribution is 0.200. The lowest BCUT2D eigenvalue weighted by Gasteiger charge is -2.31. The minimum Gasteiger partial charge on any atom is -0.363 e. The van der Waals surface area contributed by atoms with Crippen molar-refractivity contribution in [3.05, 3.63) is 54.0 Å². The predicted octanol–water partition coefficient (Wildman–Crippen LogP) is 1.90. The number of hydrogen-bond acceptors (Lipinski definition) is 6. The van der Waals surface area contributed by atoms with Crippen molar-refractivity contribution in [1.29, 1.82) is 0 Å². The summed E-state index contributed by atoms with van der Waals surface area (Å²) in [5, 5.41) is 13.2. The summed E-state index contributed by atoms with van der Waals surface area (Å²) in [6.07, 6.45) is 7.95. The zero-order chi connectivity index (χ0) is 19.5. The highest BCUT2D eigenvalue weighted by molar-refractivity contribution is 5.37. The Morgan fingerprint density at radius 3 is 2.57 bits per heavy atom. The van der Waals surface area contributed by atoms with Crippen LogP contribution in [0.3, 0.4) is 0 Å². The van der Waals surface area contributed by atoms with E-state index in [1.54, 1.807) is 6.20 Å². The molecular weight excluding hydrogens is 352 g/mol. The van der Waals surface area contributed by atoms with Gasteiger partial charge in [-0.25, -0.2) is 4.98 Å². The molecule has 3 aromatic heterocycles. The molecule has 1 aliphatic rings. The number of piperidine rings is 1. The van der Waals surface area contributed by atoms with Gasteiger partial charge < -0.3 is 9.47 Å². The number of anilines is 1. The maximum Gasteiger partial charge on any atom is 0.154 e. The molecular formula is C20H28N8. The van der Waals surface area contributed by atoms with Gasteiger partial charge in [-0.3, -0.25) is 9.58 Å². The van der Waals surface area contributed by atoms with Gasteiger partial charge in [0, 0.05) is 52.2 Å². The fourth-order valence-electron chi connectivity index (χ4n) is 3.79. The Balaban J connectivity index is 1.33. The smallest absolute Gasteiger partial charge is 0.154 e. The molecule has 148 valence electrons. The van der Waals surface area contributed by atoms with Crippen LogP contribution in [-0.2, 0) is 20.1 Å². The van der Waals surface area contributed by atoms with Gasteiger partial charge in [-0.1, -0.05) is 6.07 Å². The van der Waals surface area contributed by atoms with E-state index in [0.717, 1.165) is 49.9 Å². The summed E-state index contributed by atoms with van der Waals surface area (Å²) in [6, 6.07) is 6.19. The molecule has 1 saturated heterocycles. The van der Waals surface area contributed by atoms with Crippen molar-refractivity contribution in [1.82, 2.24) is 34.4 Å². The lowest BCUT2D eigenvalue weighted by Crippen LogP contribution is -2.33. The molecule has 1 aliphatic heterocycles. The highest BCUT2D eigenvalue weighted by Gasteiger charge is 2.25. The monoisotopic (exact) mass is 380 g/mol. The predicted molar refractivity (Wildman–Crippen MR) is 108 cm³/mol. The number of rotatable bonds is 6. The van der Waals surface area contributed by atoms with Crippen molar-refractivity contribution in [3.63, 3.8) is 0 Å². The van der Waals surface area contributed by atoms with Crippen LogP contribution in [0.5, 0.6) is 0 Å². The second-order valence-electron chi connectivity index (χ2n) is 7.71. The first kappa shape index (κ1) is 18.6. The Morgan fingerprint density at radius 2 is 1.93 bits per heavy atom. The maximum atomic E-state index is 4.52. The van der Waals surface area contributed by atoms with Gasteiger partial charge in [0.1, 0.15) is 18.2 Å². The molecule has 0 N–H and O–H groups in total. The Hall–Kier alpha value is -2.74. The maximum absolute atomic E-state index is 4.52. The Kier molecular flexibility index (Phi) is 5.38. The van der Waals surface area contributed by atoms with Crippen LogP contribution in [0.25, 0.3) is 0 Å². The van der Waals surface area contributed by atoms with Crippen LogP contribution in [0.1, 0.15) is 36.0 Å². The van der Waals surface area contributed by atoms with E-state index in [-0.39, 0.29) is 0 Å². The summed E-state index contributed by atoms with van der Waals surface area (Å²) < 4.78 is 4.03. The van der Waals surface area contributed by atoms with E-state index in [9.17, 15) is 0 Å². The number of likely N-dealkylation sites (tertiary alicyclic amines) is 1. The van der Waals surface area contributed by atoms with Gasteiger partial charge in [0.15, 0.2) is 5.82 Å². The standard InChI is InChI=1S/C20H28N8/c1-25(2)18-6-5-16(13-21-18)14-27-11-7-17(8-12-27)20-24-23-19(26(20)3)15-28-10-4-9-22-28/h4-6,9-10,13,17H,7-8,11-12,14-15H2,1-3H3. The Morgan fingerprint density at radius 1 is 1.11 bits per heavy atom. The fraction of sp³-hybridized carbons (Fsp3) is 0.500. The molecule has 0 aromatic carbocycles. The Bertz CT molecular complexity index is 874. The summed E-state index contributed by atoms with van der Waals surface area (Å²) >= 11 is 0. The van der Waals surface area contributed by atoms with Crippen LogP contribution >= 0.6 is 0 Å². The number of nitrogens with zero attached hydrogens (tertiary/aromatic N) is 8. The number of aromatic nitrogens is 6. The summed E-state index contributed by atoms with van der Waals surface area (Å²) in [5.41, 5.74) is 1.27.